The van der Waals surface area contributed by atoms with E-state index in [4.69, 9.17) is 0 Å². The molecule has 0 unspecified atom stereocenters. The van der Waals surface area contributed by atoms with Crippen molar-refractivity contribution in [2.45, 2.75) is 33.0 Å². The summed E-state index contributed by atoms with van der Waals surface area (Å²) >= 11 is 0. The highest BCUT2D eigenvalue weighted by molar-refractivity contribution is 6.13. The maximum Gasteiger partial charge on any atom is 0.416 e. The molecule has 0 fully saturated rings. The molecule has 0 saturated carbocycles. The van der Waals surface area contributed by atoms with Gasteiger partial charge in [-0.05, 0) is 56.2 Å². The van der Waals surface area contributed by atoms with Crippen LogP contribution in [0.5, 0.6) is 0 Å². The van der Waals surface area contributed by atoms with Gasteiger partial charge in [-0.25, -0.2) is 0 Å². The largest absolute Gasteiger partial charge is 0.416 e. The number of nitrogens with zero attached hydrogens (tertiary/aromatic N) is 4. The number of nitrogens with one attached hydrogen (secondary N) is 1. The average molecular weight is 443 g/mol. The molecule has 0 bridgehead atoms. The van der Waals surface area contributed by atoms with Crippen molar-refractivity contribution in [3.05, 3.63) is 70.8 Å². The Morgan fingerprint density at radius 2 is 1.81 bits per heavy atom. The molecule has 1 atom stereocenters. The lowest BCUT2D eigenvalue weighted by molar-refractivity contribution is -0.137. The fourth-order valence-corrected chi connectivity index (χ4v) is 3.65. The molecule has 4 rings (SSSR count). The first-order valence-corrected chi connectivity index (χ1v) is 9.87. The van der Waals surface area contributed by atoms with Crippen molar-refractivity contribution < 1.29 is 22.8 Å². The summed E-state index contributed by atoms with van der Waals surface area (Å²) in [5.74, 6) is -0.892. The Morgan fingerprint density at radius 1 is 1.12 bits per heavy atom. The molecule has 32 heavy (non-hydrogen) atoms. The number of hydrogen-bond acceptors (Lipinski definition) is 4. The van der Waals surface area contributed by atoms with E-state index in [-0.39, 0.29) is 24.0 Å². The van der Waals surface area contributed by atoms with Gasteiger partial charge in [0.25, 0.3) is 11.8 Å². The lowest BCUT2D eigenvalue weighted by Gasteiger charge is -2.32. The van der Waals surface area contributed by atoms with Crippen LogP contribution < -0.4 is 10.2 Å². The van der Waals surface area contributed by atoms with E-state index in [9.17, 15) is 22.8 Å². The Kier molecular flexibility index (Phi) is 5.23. The number of benzene rings is 1. The third kappa shape index (κ3) is 3.72. The van der Waals surface area contributed by atoms with Gasteiger partial charge in [0, 0.05) is 24.6 Å². The molecule has 0 radical (unpaired) electrons. The standard InChI is InChI=1S/C22H20F3N5O2/c1-12-8-26-9-17(14(12)3)20(31)28-18-10-27-30-13(2)11-29(21(32)19(18)30)16-6-4-15(5-7-16)22(23,24)25/h4-10,13H,11H2,1-3H3,(H,28,31)/t13-/m0/s1. The highest BCUT2D eigenvalue weighted by Gasteiger charge is 2.35. The number of aryl methyl sites for hydroxylation is 1. The zero-order valence-corrected chi connectivity index (χ0v) is 17.6. The van der Waals surface area contributed by atoms with E-state index in [0.29, 0.717) is 11.3 Å². The van der Waals surface area contributed by atoms with E-state index >= 15 is 0 Å². The summed E-state index contributed by atoms with van der Waals surface area (Å²) in [5.41, 5.74) is 1.93. The van der Waals surface area contributed by atoms with E-state index in [2.05, 4.69) is 15.4 Å². The minimum atomic E-state index is -4.46. The number of halogens is 3. The monoisotopic (exact) mass is 443 g/mol. The molecule has 0 spiro atoms. The van der Waals surface area contributed by atoms with Crippen LogP contribution in [0.1, 0.15) is 50.5 Å². The van der Waals surface area contributed by atoms with Gasteiger partial charge in [-0.15, -0.1) is 0 Å². The van der Waals surface area contributed by atoms with Crippen LogP contribution in [0.25, 0.3) is 0 Å². The van der Waals surface area contributed by atoms with Gasteiger partial charge in [-0.1, -0.05) is 0 Å². The fourth-order valence-electron chi connectivity index (χ4n) is 3.65. The van der Waals surface area contributed by atoms with E-state index in [1.807, 2.05) is 13.8 Å². The van der Waals surface area contributed by atoms with Crippen LogP contribution in [-0.2, 0) is 6.18 Å². The molecular formula is C22H20F3N5O2. The minimum absolute atomic E-state index is 0.162. The second-order valence-corrected chi connectivity index (χ2v) is 7.74. The van der Waals surface area contributed by atoms with Crippen LogP contribution in [0.3, 0.4) is 0 Å². The zero-order chi connectivity index (χ0) is 23.2. The number of anilines is 2. The number of rotatable bonds is 3. The quantitative estimate of drug-likeness (QED) is 0.651. The van der Waals surface area contributed by atoms with Gasteiger partial charge >= 0.3 is 6.18 Å². The number of amides is 2. The van der Waals surface area contributed by atoms with Gasteiger partial charge in [0.15, 0.2) is 5.69 Å². The molecule has 0 aliphatic carbocycles. The van der Waals surface area contributed by atoms with Crippen LogP contribution >= 0.6 is 0 Å². The summed E-state index contributed by atoms with van der Waals surface area (Å²) in [7, 11) is 0. The van der Waals surface area contributed by atoms with Crippen LogP contribution in [0.15, 0.2) is 42.9 Å². The van der Waals surface area contributed by atoms with Gasteiger partial charge in [-0.3, -0.25) is 19.3 Å². The first-order valence-electron chi connectivity index (χ1n) is 9.87. The summed E-state index contributed by atoms with van der Waals surface area (Å²) in [6.07, 6.45) is 0.0423. The summed E-state index contributed by atoms with van der Waals surface area (Å²) < 4.78 is 40.2. The normalized spacial score (nSPS) is 16.1. The predicted molar refractivity (Wildman–Crippen MR) is 112 cm³/mol. The molecule has 3 heterocycles. The lowest BCUT2D eigenvalue weighted by Crippen LogP contribution is -2.43. The van der Waals surface area contributed by atoms with E-state index in [1.54, 1.807) is 13.1 Å². The van der Waals surface area contributed by atoms with Crippen molar-refractivity contribution in [3.63, 3.8) is 0 Å². The highest BCUT2D eigenvalue weighted by Crippen LogP contribution is 2.33. The Hall–Kier alpha value is -3.69. The van der Waals surface area contributed by atoms with Crippen LogP contribution in [0, 0.1) is 13.8 Å². The Bertz CT molecular complexity index is 1200. The molecule has 2 amide bonds. The second-order valence-electron chi connectivity index (χ2n) is 7.74. The number of pyridine rings is 1. The Labute approximate surface area is 181 Å². The summed E-state index contributed by atoms with van der Waals surface area (Å²) in [6, 6.07) is 4.15. The minimum Gasteiger partial charge on any atom is -0.319 e. The van der Waals surface area contributed by atoms with Crippen molar-refractivity contribution >= 4 is 23.2 Å². The van der Waals surface area contributed by atoms with E-state index in [0.717, 1.165) is 23.3 Å². The van der Waals surface area contributed by atoms with Crippen LogP contribution in [0.2, 0.25) is 0 Å². The van der Waals surface area contributed by atoms with Crippen molar-refractivity contribution in [3.8, 4) is 0 Å². The van der Waals surface area contributed by atoms with Crippen molar-refractivity contribution in [1.29, 1.82) is 0 Å². The molecule has 1 aliphatic rings. The molecule has 1 aromatic carbocycles. The molecule has 1 aliphatic heterocycles. The van der Waals surface area contributed by atoms with Crippen molar-refractivity contribution in [2.75, 3.05) is 16.8 Å². The topological polar surface area (TPSA) is 80.1 Å². The number of carbonyl (C=O) groups excluding carboxylic acids is 2. The first-order chi connectivity index (χ1) is 15.1. The zero-order valence-electron chi connectivity index (χ0n) is 17.6. The van der Waals surface area contributed by atoms with Gasteiger partial charge in [0.05, 0.1) is 29.1 Å². The smallest absolute Gasteiger partial charge is 0.319 e. The molecule has 10 heteroatoms. The number of alkyl halides is 3. The van der Waals surface area contributed by atoms with E-state index in [1.165, 1.54) is 34.1 Å². The van der Waals surface area contributed by atoms with Gasteiger partial charge in [0.2, 0.25) is 0 Å². The maximum atomic E-state index is 13.2. The highest BCUT2D eigenvalue weighted by atomic mass is 19.4. The van der Waals surface area contributed by atoms with Crippen LogP contribution in [0.4, 0.5) is 24.5 Å². The SMILES string of the molecule is Cc1cncc(C(=O)Nc2cnn3c2C(=O)N(c2ccc(C(F)(F)F)cc2)C[C@@H]3C)c1C. The van der Waals surface area contributed by atoms with E-state index < -0.39 is 23.6 Å². The van der Waals surface area contributed by atoms with Crippen LogP contribution in [-0.4, -0.2) is 33.1 Å². The van der Waals surface area contributed by atoms with Gasteiger partial charge in [-0.2, -0.15) is 18.3 Å². The third-order valence-corrected chi connectivity index (χ3v) is 5.57. The molecular weight excluding hydrogens is 423 g/mol. The fraction of sp³-hybridized carbons (Fsp3) is 0.273. The number of carbonyl (C=O) groups is 2. The summed E-state index contributed by atoms with van der Waals surface area (Å²) in [6.45, 7) is 5.71. The second kappa shape index (κ2) is 7.77. The number of aromatic nitrogens is 3. The van der Waals surface area contributed by atoms with Crippen molar-refractivity contribution in [1.82, 2.24) is 14.8 Å². The first kappa shape index (κ1) is 21.5. The maximum absolute atomic E-state index is 13.2. The molecule has 0 saturated heterocycles. The van der Waals surface area contributed by atoms with Gasteiger partial charge < -0.3 is 10.2 Å². The number of fused-ring (bicyclic) bond motifs is 1. The molecule has 3 aromatic rings. The average Bonchev–Trinajstić information content (AvgIpc) is 3.16. The summed E-state index contributed by atoms with van der Waals surface area (Å²) in [4.78, 5) is 31.5. The third-order valence-electron chi connectivity index (χ3n) is 5.57. The summed E-state index contributed by atoms with van der Waals surface area (Å²) in [5, 5.41) is 6.97. The predicted octanol–water partition coefficient (Wildman–Crippen LogP) is 4.39. The van der Waals surface area contributed by atoms with Crippen molar-refractivity contribution in [2.24, 2.45) is 0 Å². The Balaban J connectivity index is 1.65. The molecule has 166 valence electrons. The lowest BCUT2D eigenvalue weighted by atomic mass is 10.1. The molecule has 7 nitrogen and oxygen atoms in total. The van der Waals surface area contributed by atoms with Gasteiger partial charge in [0.1, 0.15) is 0 Å². The Morgan fingerprint density at radius 3 is 2.47 bits per heavy atom. The molecule has 2 aromatic heterocycles. The number of hydrogen-bond donors (Lipinski definition) is 1. The molecule has 1 N–H and O–H groups in total.